The van der Waals surface area contributed by atoms with Gasteiger partial charge in [0.1, 0.15) is 18.0 Å². The molecule has 1 aliphatic rings. The number of halogens is 4. The van der Waals surface area contributed by atoms with Crippen LogP contribution in [0.3, 0.4) is 0 Å². The molecule has 0 saturated heterocycles. The van der Waals surface area contributed by atoms with Crippen molar-refractivity contribution in [1.82, 2.24) is 0 Å². The van der Waals surface area contributed by atoms with Crippen LogP contribution in [0.15, 0.2) is 46.9 Å². The number of fused-ring (bicyclic) bond motifs is 1. The highest BCUT2D eigenvalue weighted by Crippen LogP contribution is 2.34. The van der Waals surface area contributed by atoms with E-state index in [2.05, 4.69) is 21.2 Å². The van der Waals surface area contributed by atoms with Gasteiger partial charge in [-0.2, -0.15) is 13.2 Å². The molecule has 0 spiro atoms. The van der Waals surface area contributed by atoms with E-state index in [4.69, 9.17) is 9.47 Å². The zero-order chi connectivity index (χ0) is 20.3. The van der Waals surface area contributed by atoms with Crippen LogP contribution in [0, 0.1) is 0 Å². The van der Waals surface area contributed by atoms with Crippen molar-refractivity contribution in [2.45, 2.75) is 6.18 Å². The van der Waals surface area contributed by atoms with Gasteiger partial charge in [0.15, 0.2) is 13.2 Å². The number of nitrogens with one attached hydrogen (secondary N) is 1. The van der Waals surface area contributed by atoms with Gasteiger partial charge in [0.05, 0.1) is 11.4 Å². The predicted octanol–water partition coefficient (Wildman–Crippen LogP) is 3.75. The van der Waals surface area contributed by atoms with Gasteiger partial charge in [-0.3, -0.25) is 14.5 Å². The number of alkyl halides is 3. The van der Waals surface area contributed by atoms with Gasteiger partial charge in [0.25, 0.3) is 5.91 Å². The summed E-state index contributed by atoms with van der Waals surface area (Å²) in [7, 11) is 0. The lowest BCUT2D eigenvalue weighted by Gasteiger charge is -2.29. The number of amides is 2. The maximum absolute atomic E-state index is 12.4. The molecule has 28 heavy (non-hydrogen) atoms. The van der Waals surface area contributed by atoms with Crippen molar-refractivity contribution in [3.05, 3.63) is 46.9 Å². The summed E-state index contributed by atoms with van der Waals surface area (Å²) in [4.78, 5) is 25.8. The number of ether oxygens (including phenoxy) is 2. The minimum absolute atomic E-state index is 0.0773. The molecule has 0 bridgehead atoms. The first-order chi connectivity index (χ1) is 13.2. The Balaban J connectivity index is 1.72. The van der Waals surface area contributed by atoms with E-state index >= 15 is 0 Å². The number of nitrogens with zero attached hydrogens (tertiary/aromatic N) is 1. The van der Waals surface area contributed by atoms with Gasteiger partial charge < -0.3 is 14.8 Å². The van der Waals surface area contributed by atoms with E-state index in [1.165, 1.54) is 23.1 Å². The van der Waals surface area contributed by atoms with Crippen LogP contribution < -0.4 is 19.7 Å². The van der Waals surface area contributed by atoms with Crippen molar-refractivity contribution in [2.75, 3.05) is 30.0 Å². The smallest absolute Gasteiger partial charge is 0.422 e. The normalized spacial score (nSPS) is 13.6. The quantitative estimate of drug-likeness (QED) is 0.740. The van der Waals surface area contributed by atoms with Gasteiger partial charge in [-0.05, 0) is 30.3 Å². The van der Waals surface area contributed by atoms with E-state index in [1.54, 1.807) is 24.3 Å². The molecule has 3 rings (SSSR count). The van der Waals surface area contributed by atoms with Crippen LogP contribution in [-0.4, -0.2) is 37.7 Å². The average molecular weight is 459 g/mol. The fraction of sp³-hybridized carbons (Fsp3) is 0.222. The zero-order valence-electron chi connectivity index (χ0n) is 14.3. The first kappa shape index (κ1) is 20.0. The van der Waals surface area contributed by atoms with Crippen LogP contribution in [0.5, 0.6) is 11.5 Å². The van der Waals surface area contributed by atoms with E-state index in [-0.39, 0.29) is 24.6 Å². The summed E-state index contributed by atoms with van der Waals surface area (Å²) >= 11 is 3.30. The minimum atomic E-state index is -4.50. The second-order valence-electron chi connectivity index (χ2n) is 5.83. The molecule has 0 radical (unpaired) electrons. The lowest BCUT2D eigenvalue weighted by atomic mass is 10.2. The Labute approximate surface area is 166 Å². The highest BCUT2D eigenvalue weighted by Gasteiger charge is 2.30. The Bertz CT molecular complexity index is 905. The Kier molecular flexibility index (Phi) is 5.78. The number of carbonyl (C=O) groups excluding carboxylic acids is 2. The molecule has 6 nitrogen and oxygen atoms in total. The molecular formula is C18H14BrF3N2O4. The third-order valence-corrected chi connectivity index (χ3v) is 4.21. The standard InChI is InChI=1S/C18H14BrF3N2O4/c19-11-5-6-13-15(7-11)27-9-17(26)24(13)8-16(25)23-12-3-1-2-4-14(12)28-10-18(20,21)22/h1-7H,8-10H2,(H,23,25). The molecule has 2 aromatic rings. The Morgan fingerprint density at radius 1 is 1.25 bits per heavy atom. The van der Waals surface area contributed by atoms with Gasteiger partial charge in [0, 0.05) is 4.47 Å². The Morgan fingerprint density at radius 3 is 2.75 bits per heavy atom. The number of hydrogen-bond donors (Lipinski definition) is 1. The summed E-state index contributed by atoms with van der Waals surface area (Å²) in [5.74, 6) is -0.680. The van der Waals surface area contributed by atoms with Crippen molar-refractivity contribution in [2.24, 2.45) is 0 Å². The van der Waals surface area contributed by atoms with Crippen molar-refractivity contribution in [1.29, 1.82) is 0 Å². The molecule has 148 valence electrons. The van der Waals surface area contributed by atoms with Gasteiger partial charge in [0.2, 0.25) is 5.91 Å². The lowest BCUT2D eigenvalue weighted by Crippen LogP contribution is -2.43. The number of anilines is 2. The summed E-state index contributed by atoms with van der Waals surface area (Å²) in [6, 6.07) is 10.8. The molecule has 0 fully saturated rings. The first-order valence-corrected chi connectivity index (χ1v) is 8.83. The molecular weight excluding hydrogens is 445 g/mol. The monoisotopic (exact) mass is 458 g/mol. The van der Waals surface area contributed by atoms with Crippen molar-refractivity contribution >= 4 is 39.1 Å². The molecule has 0 atom stereocenters. The van der Waals surface area contributed by atoms with Gasteiger partial charge in [-0.15, -0.1) is 0 Å². The third kappa shape index (κ3) is 4.94. The van der Waals surface area contributed by atoms with Gasteiger partial charge in [-0.1, -0.05) is 28.1 Å². The second-order valence-corrected chi connectivity index (χ2v) is 6.74. The highest BCUT2D eigenvalue weighted by molar-refractivity contribution is 9.10. The highest BCUT2D eigenvalue weighted by atomic mass is 79.9. The maximum atomic E-state index is 12.4. The summed E-state index contributed by atoms with van der Waals surface area (Å²) in [6.45, 7) is -2.03. The van der Waals surface area contributed by atoms with Crippen LogP contribution in [0.25, 0.3) is 0 Å². The summed E-state index contributed by atoms with van der Waals surface area (Å²) in [6.07, 6.45) is -4.50. The molecule has 1 aliphatic heterocycles. The predicted molar refractivity (Wildman–Crippen MR) is 98.6 cm³/mol. The molecule has 2 aromatic carbocycles. The second kappa shape index (κ2) is 8.09. The van der Waals surface area contributed by atoms with Crippen LogP contribution in [-0.2, 0) is 9.59 Å². The van der Waals surface area contributed by atoms with Crippen LogP contribution in [0.4, 0.5) is 24.5 Å². The van der Waals surface area contributed by atoms with Crippen molar-refractivity contribution in [3.8, 4) is 11.5 Å². The number of carbonyl (C=O) groups is 2. The zero-order valence-corrected chi connectivity index (χ0v) is 15.8. The Morgan fingerprint density at radius 2 is 2.00 bits per heavy atom. The first-order valence-electron chi connectivity index (χ1n) is 8.04. The summed E-state index contributed by atoms with van der Waals surface area (Å²) in [5, 5.41) is 2.48. The molecule has 10 heteroatoms. The van der Waals surface area contributed by atoms with E-state index in [9.17, 15) is 22.8 Å². The lowest BCUT2D eigenvalue weighted by molar-refractivity contribution is -0.153. The van der Waals surface area contributed by atoms with E-state index < -0.39 is 24.6 Å². The van der Waals surface area contributed by atoms with Gasteiger partial charge in [-0.25, -0.2) is 0 Å². The van der Waals surface area contributed by atoms with Crippen LogP contribution in [0.1, 0.15) is 0 Å². The molecule has 1 heterocycles. The summed E-state index contributed by atoms with van der Waals surface area (Å²) < 4.78 is 48.0. The molecule has 0 saturated carbocycles. The van der Waals surface area contributed by atoms with Crippen molar-refractivity contribution < 1.29 is 32.2 Å². The molecule has 1 N–H and O–H groups in total. The average Bonchev–Trinajstić information content (AvgIpc) is 2.62. The van der Waals surface area contributed by atoms with Crippen molar-refractivity contribution in [3.63, 3.8) is 0 Å². The SMILES string of the molecule is O=C(CN1C(=O)COc2cc(Br)ccc21)Nc1ccccc1OCC(F)(F)F. The van der Waals surface area contributed by atoms with E-state index in [1.807, 2.05) is 0 Å². The molecule has 0 aliphatic carbocycles. The number of hydrogen-bond acceptors (Lipinski definition) is 4. The van der Waals surface area contributed by atoms with Crippen LogP contribution >= 0.6 is 15.9 Å². The van der Waals surface area contributed by atoms with E-state index in [0.717, 1.165) is 4.47 Å². The third-order valence-electron chi connectivity index (χ3n) is 3.72. The maximum Gasteiger partial charge on any atom is 0.422 e. The number of rotatable bonds is 5. The number of para-hydroxylation sites is 2. The van der Waals surface area contributed by atoms with Gasteiger partial charge >= 0.3 is 6.18 Å². The molecule has 0 aromatic heterocycles. The molecule has 2 amide bonds. The minimum Gasteiger partial charge on any atom is -0.482 e. The van der Waals surface area contributed by atoms with Crippen LogP contribution in [0.2, 0.25) is 0 Å². The Hall–Kier alpha value is -2.75. The largest absolute Gasteiger partial charge is 0.482 e. The van der Waals surface area contributed by atoms with E-state index in [0.29, 0.717) is 11.4 Å². The fourth-order valence-electron chi connectivity index (χ4n) is 2.54. The summed E-state index contributed by atoms with van der Waals surface area (Å²) in [5.41, 5.74) is 0.504. The fourth-order valence-corrected chi connectivity index (χ4v) is 2.88. The topological polar surface area (TPSA) is 67.9 Å². The molecule has 0 unspecified atom stereocenters. The number of benzene rings is 2.